The zero-order chi connectivity index (χ0) is 18.6. The number of hydrogen-bond acceptors (Lipinski definition) is 5. The monoisotopic (exact) mass is 363 g/mol. The van der Waals surface area contributed by atoms with Crippen molar-refractivity contribution in [1.82, 2.24) is 4.90 Å². The van der Waals surface area contributed by atoms with Gasteiger partial charge in [-0.05, 0) is 29.8 Å². The molecule has 0 saturated carbocycles. The average Bonchev–Trinajstić information content (AvgIpc) is 2.56. The molecular weight excluding hydrogens is 346 g/mol. The second-order valence-corrected chi connectivity index (χ2v) is 7.20. The summed E-state index contributed by atoms with van der Waals surface area (Å²) in [7, 11) is -0.529. The Morgan fingerprint density at radius 2 is 1.64 bits per heavy atom. The van der Waals surface area contributed by atoms with Crippen LogP contribution in [0, 0.1) is 10.1 Å². The lowest BCUT2D eigenvalue weighted by molar-refractivity contribution is -0.384. The van der Waals surface area contributed by atoms with Crippen molar-refractivity contribution < 1.29 is 18.1 Å². The number of carbonyl (C=O) groups is 1. The summed E-state index contributed by atoms with van der Waals surface area (Å²) in [5.41, 5.74) is 0.908. The van der Waals surface area contributed by atoms with E-state index in [1.165, 1.54) is 17.0 Å². The van der Waals surface area contributed by atoms with Gasteiger partial charge in [0.1, 0.15) is 0 Å². The molecule has 0 unspecified atom stereocenters. The van der Waals surface area contributed by atoms with Gasteiger partial charge in [-0.15, -0.1) is 0 Å². The number of likely N-dealkylation sites (N-methyl/N-ethyl adjacent to an activating group) is 1. The van der Waals surface area contributed by atoms with Crippen molar-refractivity contribution >= 4 is 27.3 Å². The number of nitro benzene ring substituents is 1. The van der Waals surface area contributed by atoms with Crippen LogP contribution in [-0.4, -0.2) is 38.2 Å². The first-order valence-corrected chi connectivity index (χ1v) is 8.74. The number of nitrogens with zero attached hydrogens (tertiary/aromatic N) is 2. The summed E-state index contributed by atoms with van der Waals surface area (Å²) in [6.07, 6.45) is 0.225. The predicted octanol–water partition coefficient (Wildman–Crippen LogP) is 2.03. The number of non-ortho nitro benzene ring substituents is 1. The minimum Gasteiger partial charge on any atom is -0.349 e. The number of amides is 1. The van der Waals surface area contributed by atoms with Crippen LogP contribution in [0.25, 0.3) is 0 Å². The first kappa shape index (κ1) is 18.4. The Morgan fingerprint density at radius 3 is 2.12 bits per heavy atom. The van der Waals surface area contributed by atoms with E-state index in [1.807, 2.05) is 0 Å². The minimum atomic E-state index is -3.85. The highest BCUT2D eigenvalue weighted by molar-refractivity contribution is 7.92. The van der Waals surface area contributed by atoms with Crippen molar-refractivity contribution in [3.63, 3.8) is 0 Å². The van der Waals surface area contributed by atoms with E-state index in [2.05, 4.69) is 4.72 Å². The van der Waals surface area contributed by atoms with Gasteiger partial charge in [0, 0.05) is 31.9 Å². The molecule has 0 fully saturated rings. The highest BCUT2D eigenvalue weighted by Gasteiger charge is 2.16. The van der Waals surface area contributed by atoms with Crippen LogP contribution in [0.1, 0.15) is 5.56 Å². The summed E-state index contributed by atoms with van der Waals surface area (Å²) in [6.45, 7) is 0. The molecule has 0 atom stereocenters. The normalized spacial score (nSPS) is 11.0. The smallest absolute Gasteiger partial charge is 0.269 e. The van der Waals surface area contributed by atoms with Gasteiger partial charge in [0.05, 0.1) is 16.2 Å². The molecule has 8 nitrogen and oxygen atoms in total. The minimum absolute atomic E-state index is 0.0563. The summed E-state index contributed by atoms with van der Waals surface area (Å²) >= 11 is 0. The van der Waals surface area contributed by atoms with Crippen LogP contribution in [0.15, 0.2) is 53.4 Å². The average molecular weight is 363 g/mol. The summed E-state index contributed by atoms with van der Waals surface area (Å²) in [4.78, 5) is 23.1. The molecule has 0 bridgehead atoms. The van der Waals surface area contributed by atoms with Crippen LogP contribution in [0.2, 0.25) is 0 Å². The molecule has 9 heteroatoms. The molecule has 0 aliphatic rings. The maximum Gasteiger partial charge on any atom is 0.269 e. The van der Waals surface area contributed by atoms with Gasteiger partial charge in [-0.2, -0.15) is 0 Å². The van der Waals surface area contributed by atoms with Crippen LogP contribution in [0.5, 0.6) is 0 Å². The molecule has 0 spiro atoms. The van der Waals surface area contributed by atoms with E-state index < -0.39 is 14.9 Å². The van der Waals surface area contributed by atoms with Gasteiger partial charge in [-0.25, -0.2) is 8.42 Å². The van der Waals surface area contributed by atoms with Gasteiger partial charge >= 0.3 is 0 Å². The molecular formula is C16H17N3O5S. The first-order chi connectivity index (χ1) is 11.7. The number of carbonyl (C=O) groups excluding carboxylic acids is 1. The van der Waals surface area contributed by atoms with Gasteiger partial charge in [0.25, 0.3) is 15.7 Å². The van der Waals surface area contributed by atoms with Crippen molar-refractivity contribution in [2.24, 2.45) is 0 Å². The molecule has 0 saturated heterocycles. The van der Waals surface area contributed by atoms with E-state index in [4.69, 9.17) is 0 Å². The van der Waals surface area contributed by atoms with E-state index in [9.17, 15) is 23.3 Å². The second kappa shape index (κ2) is 7.31. The fourth-order valence-electron chi connectivity index (χ4n) is 1.98. The molecule has 0 aromatic heterocycles. The number of nitro groups is 1. The molecule has 1 amide bonds. The fourth-order valence-corrected chi connectivity index (χ4v) is 3.04. The molecule has 0 heterocycles. The van der Waals surface area contributed by atoms with E-state index in [0.717, 1.165) is 17.7 Å². The Morgan fingerprint density at radius 1 is 1.08 bits per heavy atom. The zero-order valence-electron chi connectivity index (χ0n) is 13.7. The number of nitrogens with one attached hydrogen (secondary N) is 1. The third-order valence-corrected chi connectivity index (χ3v) is 4.82. The van der Waals surface area contributed by atoms with Gasteiger partial charge in [0.2, 0.25) is 5.91 Å². The summed E-state index contributed by atoms with van der Waals surface area (Å²) in [5.74, 6) is -0.0563. The molecule has 2 rings (SSSR count). The van der Waals surface area contributed by atoms with Crippen LogP contribution in [0.4, 0.5) is 11.4 Å². The third-order valence-electron chi connectivity index (χ3n) is 3.42. The van der Waals surface area contributed by atoms with Crippen molar-refractivity contribution in [3.05, 3.63) is 64.2 Å². The van der Waals surface area contributed by atoms with Crippen LogP contribution >= 0.6 is 0 Å². The highest BCUT2D eigenvalue weighted by atomic mass is 32.2. The summed E-state index contributed by atoms with van der Waals surface area (Å²) < 4.78 is 27.0. The molecule has 0 aliphatic carbocycles. The Balaban J connectivity index is 2.12. The molecule has 0 radical (unpaired) electrons. The van der Waals surface area contributed by atoms with E-state index in [1.54, 1.807) is 38.4 Å². The van der Waals surface area contributed by atoms with E-state index in [0.29, 0.717) is 5.69 Å². The quantitative estimate of drug-likeness (QED) is 0.624. The summed E-state index contributed by atoms with van der Waals surface area (Å²) in [5, 5.41) is 10.6. The first-order valence-electron chi connectivity index (χ1n) is 7.25. The lowest BCUT2D eigenvalue weighted by Gasteiger charge is -2.11. The Bertz CT molecular complexity index is 875. The number of rotatable bonds is 6. The summed E-state index contributed by atoms with van der Waals surface area (Å²) in [6, 6.07) is 11.0. The molecule has 2 aromatic rings. The molecule has 2 aromatic carbocycles. The van der Waals surface area contributed by atoms with Gasteiger partial charge in [-0.1, -0.05) is 12.1 Å². The van der Waals surface area contributed by atoms with E-state index in [-0.39, 0.29) is 22.9 Å². The zero-order valence-corrected chi connectivity index (χ0v) is 14.5. The third kappa shape index (κ3) is 4.77. The molecule has 25 heavy (non-hydrogen) atoms. The van der Waals surface area contributed by atoms with Gasteiger partial charge < -0.3 is 4.90 Å². The van der Waals surface area contributed by atoms with Crippen molar-refractivity contribution in [2.75, 3.05) is 18.8 Å². The lowest BCUT2D eigenvalue weighted by atomic mass is 10.1. The van der Waals surface area contributed by atoms with Crippen LogP contribution in [-0.2, 0) is 21.2 Å². The lowest BCUT2D eigenvalue weighted by Crippen LogP contribution is -2.23. The highest BCUT2D eigenvalue weighted by Crippen LogP contribution is 2.19. The van der Waals surface area contributed by atoms with Crippen LogP contribution < -0.4 is 4.72 Å². The van der Waals surface area contributed by atoms with E-state index >= 15 is 0 Å². The molecule has 0 aliphatic heterocycles. The maximum absolute atomic E-state index is 12.3. The van der Waals surface area contributed by atoms with Gasteiger partial charge in [0.15, 0.2) is 0 Å². The molecule has 1 N–H and O–H groups in total. The van der Waals surface area contributed by atoms with Crippen LogP contribution in [0.3, 0.4) is 0 Å². The van der Waals surface area contributed by atoms with Crippen molar-refractivity contribution in [1.29, 1.82) is 0 Å². The van der Waals surface area contributed by atoms with Gasteiger partial charge in [-0.3, -0.25) is 19.6 Å². The second-order valence-electron chi connectivity index (χ2n) is 5.52. The Labute approximate surface area is 145 Å². The predicted molar refractivity (Wildman–Crippen MR) is 92.7 cm³/mol. The Hall–Kier alpha value is -2.94. The fraction of sp³-hybridized carbons (Fsp3) is 0.188. The SMILES string of the molecule is CN(C)C(=O)Cc1ccc(NS(=O)(=O)c2ccc([N+](=O)[O-])cc2)cc1. The van der Waals surface area contributed by atoms with Crippen molar-refractivity contribution in [2.45, 2.75) is 11.3 Å². The number of hydrogen-bond donors (Lipinski definition) is 1. The number of benzene rings is 2. The molecule has 132 valence electrons. The topological polar surface area (TPSA) is 110 Å². The Kier molecular flexibility index (Phi) is 5.38. The maximum atomic E-state index is 12.3. The van der Waals surface area contributed by atoms with Crippen molar-refractivity contribution in [3.8, 4) is 0 Å². The number of anilines is 1. The standard InChI is InChI=1S/C16H17N3O5S/c1-18(2)16(20)11-12-3-5-13(6-4-12)17-25(23,24)15-9-7-14(8-10-15)19(21)22/h3-10,17H,11H2,1-2H3. The number of sulfonamides is 1. The largest absolute Gasteiger partial charge is 0.349 e.